The first kappa shape index (κ1) is 24.1. The van der Waals surface area contributed by atoms with Crippen LogP contribution in [0.1, 0.15) is 51.4 Å². The van der Waals surface area contributed by atoms with E-state index < -0.39 is 0 Å². The minimum Gasteiger partial charge on any atom is -0.382 e. The summed E-state index contributed by atoms with van der Waals surface area (Å²) in [5.41, 5.74) is 2.70. The second kappa shape index (κ2) is 11.4. The Bertz CT molecular complexity index is 954. The molecule has 2 aromatic heterocycles. The van der Waals surface area contributed by atoms with E-state index in [1.165, 1.54) is 51.6 Å². The third-order valence-electron chi connectivity index (χ3n) is 7.63. The standard InChI is InChI=1S/C26H35Cl2N5O/c27-23-17-30-25(32-20-3-5-21(6-4-20)33-9-1-2-10-33)14-22(23)19-13-24(26(28)31-16-19)29-15-18-7-11-34-12-8-18/h13-14,16-18,20-21,29H,1-12,15H2,(H,30,32). The fourth-order valence-electron chi connectivity index (χ4n) is 5.56. The van der Waals surface area contributed by atoms with Gasteiger partial charge in [-0.1, -0.05) is 23.2 Å². The van der Waals surface area contributed by atoms with E-state index in [9.17, 15) is 0 Å². The molecule has 34 heavy (non-hydrogen) atoms. The number of pyridine rings is 2. The van der Waals surface area contributed by atoms with Crippen LogP contribution in [0.15, 0.2) is 24.5 Å². The van der Waals surface area contributed by atoms with Gasteiger partial charge in [0.15, 0.2) is 5.15 Å². The summed E-state index contributed by atoms with van der Waals surface area (Å²) in [7, 11) is 0. The average Bonchev–Trinajstić information content (AvgIpc) is 3.41. The van der Waals surface area contributed by atoms with Crippen LogP contribution in [0.25, 0.3) is 11.1 Å². The first-order valence-electron chi connectivity index (χ1n) is 12.8. The third-order valence-corrected chi connectivity index (χ3v) is 8.24. The summed E-state index contributed by atoms with van der Waals surface area (Å²) < 4.78 is 5.46. The zero-order valence-corrected chi connectivity index (χ0v) is 21.3. The van der Waals surface area contributed by atoms with Crippen molar-refractivity contribution in [3.63, 3.8) is 0 Å². The van der Waals surface area contributed by atoms with Crippen molar-refractivity contribution in [2.45, 2.75) is 63.5 Å². The summed E-state index contributed by atoms with van der Waals surface area (Å²) in [4.78, 5) is 11.7. The summed E-state index contributed by atoms with van der Waals surface area (Å²) in [6, 6.07) is 5.31. The molecule has 1 saturated carbocycles. The lowest BCUT2D eigenvalue weighted by molar-refractivity contribution is 0.0699. The Labute approximate surface area is 212 Å². The highest BCUT2D eigenvalue weighted by Crippen LogP contribution is 2.34. The van der Waals surface area contributed by atoms with Gasteiger partial charge in [-0.2, -0.15) is 0 Å². The van der Waals surface area contributed by atoms with Crippen LogP contribution >= 0.6 is 23.2 Å². The summed E-state index contributed by atoms with van der Waals surface area (Å²) in [6.45, 7) is 5.10. The highest BCUT2D eigenvalue weighted by Gasteiger charge is 2.27. The smallest absolute Gasteiger partial charge is 0.152 e. The fourth-order valence-corrected chi connectivity index (χ4v) is 5.95. The van der Waals surface area contributed by atoms with Crippen LogP contribution in [0.3, 0.4) is 0 Å². The van der Waals surface area contributed by atoms with E-state index >= 15 is 0 Å². The highest BCUT2D eigenvalue weighted by molar-refractivity contribution is 6.33. The minimum atomic E-state index is 0.459. The Balaban J connectivity index is 1.23. The number of hydrogen-bond donors (Lipinski definition) is 2. The Morgan fingerprint density at radius 2 is 1.71 bits per heavy atom. The van der Waals surface area contributed by atoms with Crippen LogP contribution < -0.4 is 10.6 Å². The predicted molar refractivity (Wildman–Crippen MR) is 140 cm³/mol. The SMILES string of the molecule is Clc1cnc(NC2CCC(N3CCCC3)CC2)cc1-c1cnc(Cl)c(NCC2CCOCC2)c1. The number of halogens is 2. The lowest BCUT2D eigenvalue weighted by atomic mass is 9.90. The van der Waals surface area contributed by atoms with Crippen LogP contribution in [-0.4, -0.2) is 59.8 Å². The van der Waals surface area contributed by atoms with Gasteiger partial charge in [0.1, 0.15) is 5.82 Å². The molecule has 0 spiro atoms. The lowest BCUT2D eigenvalue weighted by Crippen LogP contribution is -2.38. The van der Waals surface area contributed by atoms with Crippen molar-refractivity contribution in [1.82, 2.24) is 14.9 Å². The van der Waals surface area contributed by atoms with Crippen LogP contribution in [-0.2, 0) is 4.74 Å². The molecule has 0 bridgehead atoms. The van der Waals surface area contributed by atoms with Crippen LogP contribution in [0.5, 0.6) is 0 Å². The number of aromatic nitrogens is 2. The van der Waals surface area contributed by atoms with Crippen LogP contribution in [0.4, 0.5) is 11.5 Å². The normalized spacial score (nSPS) is 24.3. The maximum Gasteiger partial charge on any atom is 0.152 e. The van der Waals surface area contributed by atoms with Gasteiger partial charge in [-0.15, -0.1) is 0 Å². The first-order valence-corrected chi connectivity index (χ1v) is 13.5. The molecule has 0 atom stereocenters. The van der Waals surface area contributed by atoms with Gasteiger partial charge in [-0.3, -0.25) is 0 Å². The second-order valence-electron chi connectivity index (χ2n) is 9.94. The van der Waals surface area contributed by atoms with E-state index in [2.05, 4.69) is 25.5 Å². The van der Waals surface area contributed by atoms with Gasteiger partial charge in [0, 0.05) is 55.4 Å². The summed E-state index contributed by atoms with van der Waals surface area (Å²) in [5.74, 6) is 1.46. The molecule has 2 aromatic rings. The van der Waals surface area contributed by atoms with Gasteiger partial charge in [-0.05, 0) is 82.5 Å². The summed E-state index contributed by atoms with van der Waals surface area (Å²) >= 11 is 13.0. The zero-order chi connectivity index (χ0) is 23.3. The molecule has 2 aliphatic heterocycles. The van der Waals surface area contributed by atoms with E-state index in [4.69, 9.17) is 27.9 Å². The van der Waals surface area contributed by atoms with Crippen molar-refractivity contribution < 1.29 is 4.74 Å². The molecule has 184 valence electrons. The molecule has 2 saturated heterocycles. The van der Waals surface area contributed by atoms with E-state index in [-0.39, 0.29) is 0 Å². The Morgan fingerprint density at radius 3 is 2.47 bits per heavy atom. The van der Waals surface area contributed by atoms with E-state index in [1.807, 2.05) is 12.1 Å². The molecule has 4 heterocycles. The number of ether oxygens (including phenoxy) is 1. The molecule has 1 aliphatic carbocycles. The van der Waals surface area contributed by atoms with Crippen molar-refractivity contribution >= 4 is 34.7 Å². The molecule has 2 N–H and O–H groups in total. The van der Waals surface area contributed by atoms with E-state index in [1.54, 1.807) is 12.4 Å². The van der Waals surface area contributed by atoms with Gasteiger partial charge in [0.2, 0.25) is 0 Å². The Kier molecular flexibility index (Phi) is 8.10. The van der Waals surface area contributed by atoms with Crippen molar-refractivity contribution in [2.24, 2.45) is 5.92 Å². The van der Waals surface area contributed by atoms with Crippen molar-refractivity contribution in [1.29, 1.82) is 0 Å². The number of rotatable bonds is 7. The Hall–Kier alpha value is -1.60. The zero-order valence-electron chi connectivity index (χ0n) is 19.7. The molecule has 8 heteroatoms. The van der Waals surface area contributed by atoms with E-state index in [0.717, 1.165) is 61.3 Å². The van der Waals surface area contributed by atoms with Gasteiger partial charge in [0.25, 0.3) is 0 Å². The van der Waals surface area contributed by atoms with Crippen LogP contribution in [0.2, 0.25) is 10.2 Å². The summed E-state index contributed by atoms with van der Waals surface area (Å²) in [5, 5.41) is 8.25. The molecule has 0 unspecified atom stereocenters. The first-order chi connectivity index (χ1) is 16.7. The minimum absolute atomic E-state index is 0.459. The van der Waals surface area contributed by atoms with Gasteiger partial charge < -0.3 is 20.3 Å². The van der Waals surface area contributed by atoms with Crippen molar-refractivity contribution in [3.05, 3.63) is 34.7 Å². The molecular weight excluding hydrogens is 469 g/mol. The van der Waals surface area contributed by atoms with Crippen molar-refractivity contribution in [2.75, 3.05) is 43.5 Å². The molecule has 0 amide bonds. The number of anilines is 2. The van der Waals surface area contributed by atoms with Gasteiger partial charge in [-0.25, -0.2) is 9.97 Å². The molecule has 3 fully saturated rings. The topological polar surface area (TPSA) is 62.3 Å². The Morgan fingerprint density at radius 1 is 0.941 bits per heavy atom. The predicted octanol–water partition coefficient (Wildman–Crippen LogP) is 6.11. The number of nitrogens with one attached hydrogen (secondary N) is 2. The number of nitrogens with zero attached hydrogens (tertiary/aromatic N) is 3. The summed E-state index contributed by atoms with van der Waals surface area (Å²) in [6.07, 6.45) is 13.3. The monoisotopic (exact) mass is 503 g/mol. The average molecular weight is 505 g/mol. The fraction of sp³-hybridized carbons (Fsp3) is 0.615. The van der Waals surface area contributed by atoms with E-state index in [0.29, 0.717) is 22.1 Å². The molecule has 6 nitrogen and oxygen atoms in total. The maximum atomic E-state index is 6.57. The molecular formula is C26H35Cl2N5O. The van der Waals surface area contributed by atoms with Gasteiger partial charge >= 0.3 is 0 Å². The maximum absolute atomic E-state index is 6.57. The molecule has 0 radical (unpaired) electrons. The van der Waals surface area contributed by atoms with Crippen LogP contribution in [0, 0.1) is 5.92 Å². The molecule has 3 aliphatic rings. The quantitative estimate of drug-likeness (QED) is 0.444. The largest absolute Gasteiger partial charge is 0.382 e. The molecule has 0 aromatic carbocycles. The van der Waals surface area contributed by atoms with Gasteiger partial charge in [0.05, 0.1) is 10.7 Å². The number of hydrogen-bond acceptors (Lipinski definition) is 6. The third kappa shape index (κ3) is 5.96. The highest BCUT2D eigenvalue weighted by atomic mass is 35.5. The lowest BCUT2D eigenvalue weighted by Gasteiger charge is -2.35. The second-order valence-corrected chi connectivity index (χ2v) is 10.7. The number of likely N-dealkylation sites (tertiary alicyclic amines) is 1. The molecule has 5 rings (SSSR count). The van der Waals surface area contributed by atoms with Crippen molar-refractivity contribution in [3.8, 4) is 11.1 Å².